The minimum atomic E-state index is -1.08. The molecule has 4 rings (SSSR count). The molecule has 1 heteroatoms. The molecule has 1 aliphatic rings. The molecular formula is C18H18Si. The van der Waals surface area contributed by atoms with E-state index in [1.807, 2.05) is 0 Å². The normalized spacial score (nSPS) is 16.9. The topological polar surface area (TPSA) is 0 Å². The van der Waals surface area contributed by atoms with Gasteiger partial charge >= 0.3 is 0 Å². The third kappa shape index (κ3) is 1.58. The van der Waals surface area contributed by atoms with E-state index in [1.54, 1.807) is 11.1 Å². The first-order valence-corrected chi connectivity index (χ1v) is 10.5. The quantitative estimate of drug-likeness (QED) is 0.400. The number of hydrogen-bond donors (Lipinski definition) is 0. The zero-order valence-corrected chi connectivity index (χ0v) is 12.5. The fraction of sp³-hybridized carbons (Fsp3) is 0.222. The molecular weight excluding hydrogens is 244 g/mol. The summed E-state index contributed by atoms with van der Waals surface area (Å²) in [5.41, 5.74) is 3.29. The number of benzene rings is 3. The monoisotopic (exact) mass is 262 g/mol. The average Bonchev–Trinajstić information content (AvgIpc) is 2.75. The molecule has 1 heterocycles. The van der Waals surface area contributed by atoms with E-state index in [-0.39, 0.29) is 0 Å². The highest BCUT2D eigenvalue weighted by atomic mass is 28.3. The maximum atomic E-state index is 2.52. The highest BCUT2D eigenvalue weighted by Gasteiger charge is 2.32. The molecule has 0 N–H and O–H groups in total. The lowest BCUT2D eigenvalue weighted by atomic mass is 9.93. The summed E-state index contributed by atoms with van der Waals surface area (Å²) >= 11 is 0. The van der Waals surface area contributed by atoms with Gasteiger partial charge in [0.25, 0.3) is 0 Å². The minimum absolute atomic E-state index is 1.08. The van der Waals surface area contributed by atoms with Crippen LogP contribution in [0.15, 0.2) is 48.5 Å². The highest BCUT2D eigenvalue weighted by Crippen LogP contribution is 2.40. The van der Waals surface area contributed by atoms with Crippen LogP contribution < -0.4 is 0 Å². The van der Waals surface area contributed by atoms with Crippen molar-refractivity contribution in [2.24, 2.45) is 0 Å². The zero-order valence-electron chi connectivity index (χ0n) is 11.5. The number of fused-ring (bicyclic) bond motifs is 6. The van der Waals surface area contributed by atoms with Crippen molar-refractivity contribution in [3.63, 3.8) is 0 Å². The van der Waals surface area contributed by atoms with Crippen LogP contribution in [0, 0.1) is 0 Å². The van der Waals surface area contributed by atoms with Gasteiger partial charge in [-0.05, 0) is 44.8 Å². The molecule has 0 aromatic heterocycles. The molecule has 0 nitrogen and oxygen atoms in total. The van der Waals surface area contributed by atoms with Gasteiger partial charge in [-0.3, -0.25) is 0 Å². The Morgan fingerprint density at radius 2 is 1.00 bits per heavy atom. The molecule has 94 valence electrons. The van der Waals surface area contributed by atoms with Crippen LogP contribution in [0.5, 0.6) is 0 Å². The molecule has 0 amide bonds. The molecule has 3 aromatic rings. The van der Waals surface area contributed by atoms with Crippen molar-refractivity contribution in [3.05, 3.63) is 59.7 Å². The van der Waals surface area contributed by atoms with E-state index in [2.05, 4.69) is 61.6 Å². The Balaban J connectivity index is 2.24. The molecule has 0 saturated heterocycles. The maximum Gasteiger partial charge on any atom is 0.0561 e. The molecule has 1 aliphatic heterocycles. The van der Waals surface area contributed by atoms with Crippen LogP contribution in [0.25, 0.3) is 21.5 Å². The first kappa shape index (κ1) is 11.2. The van der Waals surface area contributed by atoms with Gasteiger partial charge in [0.15, 0.2) is 0 Å². The summed E-state index contributed by atoms with van der Waals surface area (Å²) in [4.78, 5) is 0. The summed E-state index contributed by atoms with van der Waals surface area (Å²) in [5, 5.41) is 5.86. The molecule has 0 aliphatic carbocycles. The van der Waals surface area contributed by atoms with Crippen LogP contribution in [0.4, 0.5) is 0 Å². The van der Waals surface area contributed by atoms with Crippen LogP contribution in [0.1, 0.15) is 11.1 Å². The van der Waals surface area contributed by atoms with Crippen molar-refractivity contribution in [2.75, 3.05) is 0 Å². The van der Waals surface area contributed by atoms with Gasteiger partial charge in [0.05, 0.1) is 8.07 Å². The number of rotatable bonds is 0. The summed E-state index contributed by atoms with van der Waals surface area (Å²) in [6, 6.07) is 20.6. The Morgan fingerprint density at radius 1 is 0.632 bits per heavy atom. The Hall–Kier alpha value is -1.60. The lowest BCUT2D eigenvalue weighted by molar-refractivity contribution is 1.40. The van der Waals surface area contributed by atoms with E-state index < -0.39 is 8.07 Å². The van der Waals surface area contributed by atoms with E-state index in [0.717, 1.165) is 0 Å². The summed E-state index contributed by atoms with van der Waals surface area (Å²) < 4.78 is 0. The molecule has 0 spiro atoms. The van der Waals surface area contributed by atoms with Gasteiger partial charge in [-0.1, -0.05) is 61.6 Å². The molecule has 19 heavy (non-hydrogen) atoms. The fourth-order valence-corrected chi connectivity index (χ4v) is 6.56. The van der Waals surface area contributed by atoms with Crippen molar-refractivity contribution in [3.8, 4) is 0 Å². The standard InChI is InChI=1S/C18H18Si/c1-19(2)11-17-15-9-5-3-7-13(15)14-8-4-6-10-16(14)18(17)12-19/h3-10H,11-12H2,1-2H3. The molecule has 0 radical (unpaired) electrons. The van der Waals surface area contributed by atoms with Crippen LogP contribution in [0.3, 0.4) is 0 Å². The van der Waals surface area contributed by atoms with Crippen molar-refractivity contribution in [2.45, 2.75) is 25.2 Å². The van der Waals surface area contributed by atoms with E-state index in [9.17, 15) is 0 Å². The van der Waals surface area contributed by atoms with Crippen LogP contribution >= 0.6 is 0 Å². The van der Waals surface area contributed by atoms with Crippen LogP contribution in [-0.4, -0.2) is 8.07 Å². The summed E-state index contributed by atoms with van der Waals surface area (Å²) in [7, 11) is -1.08. The molecule has 0 fully saturated rings. The van der Waals surface area contributed by atoms with Gasteiger partial charge in [-0.25, -0.2) is 0 Å². The van der Waals surface area contributed by atoms with Gasteiger partial charge in [0.1, 0.15) is 0 Å². The van der Waals surface area contributed by atoms with E-state index >= 15 is 0 Å². The average molecular weight is 262 g/mol. The van der Waals surface area contributed by atoms with Gasteiger partial charge in [-0.2, -0.15) is 0 Å². The van der Waals surface area contributed by atoms with Crippen LogP contribution in [0.2, 0.25) is 13.1 Å². The number of hydrogen-bond acceptors (Lipinski definition) is 0. The van der Waals surface area contributed by atoms with Gasteiger partial charge < -0.3 is 0 Å². The third-order valence-corrected chi connectivity index (χ3v) is 7.09. The SMILES string of the molecule is C[Si]1(C)Cc2c(c3ccccc3c3ccccc23)C1. The summed E-state index contributed by atoms with van der Waals surface area (Å²) in [5.74, 6) is 0. The van der Waals surface area contributed by atoms with Gasteiger partial charge in [0.2, 0.25) is 0 Å². The van der Waals surface area contributed by atoms with Crippen molar-refractivity contribution in [1.29, 1.82) is 0 Å². The zero-order chi connectivity index (χ0) is 13.0. The first-order valence-electron chi connectivity index (χ1n) is 7.07. The van der Waals surface area contributed by atoms with E-state index in [0.29, 0.717) is 0 Å². The molecule has 0 atom stereocenters. The second-order valence-corrected chi connectivity index (χ2v) is 11.6. The minimum Gasteiger partial charge on any atom is -0.0689 e. The lowest BCUT2D eigenvalue weighted by Gasteiger charge is -2.12. The summed E-state index contributed by atoms with van der Waals surface area (Å²) in [6.45, 7) is 5.05. The lowest BCUT2D eigenvalue weighted by Crippen LogP contribution is -2.26. The Kier molecular flexibility index (Phi) is 2.19. The maximum absolute atomic E-state index is 2.52. The smallest absolute Gasteiger partial charge is 0.0561 e. The third-order valence-electron chi connectivity index (χ3n) is 4.47. The van der Waals surface area contributed by atoms with Crippen molar-refractivity contribution < 1.29 is 0 Å². The Labute approximate surface area is 115 Å². The van der Waals surface area contributed by atoms with Gasteiger partial charge in [0, 0.05) is 0 Å². The molecule has 0 unspecified atom stereocenters. The predicted octanol–water partition coefficient (Wildman–Crippen LogP) is 4.88. The van der Waals surface area contributed by atoms with Crippen LogP contribution in [-0.2, 0) is 12.1 Å². The molecule has 0 saturated carbocycles. The van der Waals surface area contributed by atoms with E-state index in [4.69, 9.17) is 0 Å². The van der Waals surface area contributed by atoms with E-state index in [1.165, 1.54) is 33.6 Å². The summed E-state index contributed by atoms with van der Waals surface area (Å²) in [6.07, 6.45) is 0. The Morgan fingerprint density at radius 3 is 1.42 bits per heavy atom. The fourth-order valence-electron chi connectivity index (χ4n) is 3.71. The van der Waals surface area contributed by atoms with Crippen molar-refractivity contribution >= 4 is 29.6 Å². The second kappa shape index (κ2) is 3.70. The molecule has 3 aromatic carbocycles. The highest BCUT2D eigenvalue weighted by molar-refractivity contribution is 6.77. The predicted molar refractivity (Wildman–Crippen MR) is 86.3 cm³/mol. The Bertz CT molecular complexity index is 733. The first-order chi connectivity index (χ1) is 9.16. The van der Waals surface area contributed by atoms with Crippen molar-refractivity contribution in [1.82, 2.24) is 0 Å². The van der Waals surface area contributed by atoms with Gasteiger partial charge in [-0.15, -0.1) is 0 Å². The largest absolute Gasteiger partial charge is 0.0689 e. The second-order valence-electron chi connectivity index (χ2n) is 6.57. The molecule has 0 bridgehead atoms.